The first-order valence-corrected chi connectivity index (χ1v) is 5.85. The van der Waals surface area contributed by atoms with E-state index in [0.717, 1.165) is 11.1 Å². The Kier molecular flexibility index (Phi) is 3.39. The average Bonchev–Trinajstić information content (AvgIpc) is 2.33. The van der Waals surface area contributed by atoms with Crippen LogP contribution in [0.25, 0.3) is 11.3 Å². The quantitative estimate of drug-likeness (QED) is 0.905. The first-order valence-electron chi connectivity index (χ1n) is 5.47. The second kappa shape index (κ2) is 4.82. The normalized spacial score (nSPS) is 10.4. The van der Waals surface area contributed by atoms with Gasteiger partial charge in [-0.15, -0.1) is 0 Å². The molecular formula is C13H14ClN3O. The number of hydrogen-bond acceptors (Lipinski definition) is 4. The number of nitrogens with zero attached hydrogens (tertiary/aromatic N) is 2. The molecule has 0 saturated heterocycles. The summed E-state index contributed by atoms with van der Waals surface area (Å²) in [6.45, 7) is 3.79. The molecule has 0 bridgehead atoms. The summed E-state index contributed by atoms with van der Waals surface area (Å²) in [5, 5.41) is 0.494. The summed E-state index contributed by atoms with van der Waals surface area (Å²) in [7, 11) is 1.61. The zero-order valence-corrected chi connectivity index (χ0v) is 11.2. The van der Waals surface area contributed by atoms with Gasteiger partial charge >= 0.3 is 0 Å². The molecule has 0 spiro atoms. The number of ether oxygens (including phenoxy) is 1. The lowest BCUT2D eigenvalue weighted by Crippen LogP contribution is -2.01. The molecule has 2 rings (SSSR count). The van der Waals surface area contributed by atoms with E-state index in [1.807, 2.05) is 25.1 Å². The molecule has 0 saturated carbocycles. The van der Waals surface area contributed by atoms with Gasteiger partial charge in [0.15, 0.2) is 0 Å². The minimum absolute atomic E-state index is 0.204. The Morgan fingerprint density at radius 1 is 1.22 bits per heavy atom. The summed E-state index contributed by atoms with van der Waals surface area (Å²) < 4.78 is 5.33. The second-order valence-electron chi connectivity index (χ2n) is 4.03. The first kappa shape index (κ1) is 12.6. The van der Waals surface area contributed by atoms with Crippen LogP contribution >= 0.6 is 11.6 Å². The standard InChI is InChI=1S/C13H14ClN3O/c1-7-4-5-10(18-3)9(6-7)12-11(14)8(2)16-13(15)17-12/h4-6H,1-3H3,(H2,15,16,17). The SMILES string of the molecule is COc1ccc(C)cc1-c1nc(N)nc(C)c1Cl. The van der Waals surface area contributed by atoms with Gasteiger partial charge in [-0.05, 0) is 26.0 Å². The van der Waals surface area contributed by atoms with Gasteiger partial charge in [0, 0.05) is 5.56 Å². The van der Waals surface area contributed by atoms with Crippen LogP contribution in [0.3, 0.4) is 0 Å². The van der Waals surface area contributed by atoms with E-state index < -0.39 is 0 Å². The summed E-state index contributed by atoms with van der Waals surface area (Å²) in [6, 6.07) is 5.81. The van der Waals surface area contributed by atoms with Gasteiger partial charge in [0.1, 0.15) is 5.75 Å². The van der Waals surface area contributed by atoms with Crippen molar-refractivity contribution < 1.29 is 4.74 Å². The molecule has 0 radical (unpaired) electrons. The molecule has 1 aromatic carbocycles. The van der Waals surface area contributed by atoms with Gasteiger partial charge in [-0.25, -0.2) is 9.97 Å². The summed E-state index contributed by atoms with van der Waals surface area (Å²) in [5.74, 6) is 0.912. The van der Waals surface area contributed by atoms with Crippen LogP contribution in [0.5, 0.6) is 5.75 Å². The highest BCUT2D eigenvalue weighted by molar-refractivity contribution is 6.33. The third kappa shape index (κ3) is 2.24. The average molecular weight is 264 g/mol. The summed E-state index contributed by atoms with van der Waals surface area (Å²) >= 11 is 6.24. The lowest BCUT2D eigenvalue weighted by molar-refractivity contribution is 0.416. The van der Waals surface area contributed by atoms with Gasteiger partial charge in [0.2, 0.25) is 5.95 Å². The van der Waals surface area contributed by atoms with E-state index in [2.05, 4.69) is 9.97 Å². The Balaban J connectivity index is 2.72. The maximum Gasteiger partial charge on any atom is 0.220 e. The van der Waals surface area contributed by atoms with Crippen molar-refractivity contribution in [1.29, 1.82) is 0 Å². The lowest BCUT2D eigenvalue weighted by Gasteiger charge is -2.11. The molecule has 1 heterocycles. The molecule has 2 aromatic rings. The van der Waals surface area contributed by atoms with Gasteiger partial charge in [-0.1, -0.05) is 23.2 Å². The highest BCUT2D eigenvalue weighted by Gasteiger charge is 2.14. The largest absolute Gasteiger partial charge is 0.496 e. The monoisotopic (exact) mass is 263 g/mol. The molecule has 0 aliphatic rings. The van der Waals surface area contributed by atoms with Crippen LogP contribution in [0.1, 0.15) is 11.3 Å². The summed E-state index contributed by atoms with van der Waals surface area (Å²) in [6.07, 6.45) is 0. The molecule has 0 atom stereocenters. The number of nitrogen functional groups attached to an aromatic ring is 1. The van der Waals surface area contributed by atoms with E-state index in [0.29, 0.717) is 22.2 Å². The van der Waals surface area contributed by atoms with Crippen molar-refractivity contribution in [2.45, 2.75) is 13.8 Å². The van der Waals surface area contributed by atoms with Gasteiger partial charge in [0.25, 0.3) is 0 Å². The fourth-order valence-corrected chi connectivity index (χ4v) is 1.95. The Morgan fingerprint density at radius 2 is 1.94 bits per heavy atom. The number of rotatable bonds is 2. The van der Waals surface area contributed by atoms with Crippen molar-refractivity contribution in [1.82, 2.24) is 9.97 Å². The van der Waals surface area contributed by atoms with Crippen molar-refractivity contribution in [3.8, 4) is 17.0 Å². The molecule has 0 fully saturated rings. The van der Waals surface area contributed by atoms with Crippen LogP contribution in [-0.2, 0) is 0 Å². The molecule has 4 nitrogen and oxygen atoms in total. The summed E-state index contributed by atoms with van der Waals surface area (Å²) in [5.41, 5.74) is 8.84. The van der Waals surface area contributed by atoms with E-state index in [1.165, 1.54) is 0 Å². The molecule has 0 aliphatic heterocycles. The van der Waals surface area contributed by atoms with Crippen LogP contribution < -0.4 is 10.5 Å². The minimum atomic E-state index is 0.204. The van der Waals surface area contributed by atoms with Crippen molar-refractivity contribution >= 4 is 17.5 Å². The van der Waals surface area contributed by atoms with Crippen LogP contribution in [0.2, 0.25) is 5.02 Å². The zero-order chi connectivity index (χ0) is 13.3. The van der Waals surface area contributed by atoms with Crippen molar-refractivity contribution in [2.75, 3.05) is 12.8 Å². The molecule has 1 aromatic heterocycles. The van der Waals surface area contributed by atoms with E-state index >= 15 is 0 Å². The number of aryl methyl sites for hydroxylation is 2. The molecule has 18 heavy (non-hydrogen) atoms. The molecule has 0 amide bonds. The predicted octanol–water partition coefficient (Wildman–Crippen LogP) is 3.00. The topological polar surface area (TPSA) is 61.0 Å². The van der Waals surface area contributed by atoms with E-state index in [9.17, 15) is 0 Å². The Hall–Kier alpha value is -1.81. The molecule has 94 valence electrons. The van der Waals surface area contributed by atoms with Crippen LogP contribution in [-0.4, -0.2) is 17.1 Å². The smallest absolute Gasteiger partial charge is 0.220 e. The predicted molar refractivity (Wildman–Crippen MR) is 72.9 cm³/mol. The third-order valence-electron chi connectivity index (χ3n) is 2.64. The second-order valence-corrected chi connectivity index (χ2v) is 4.41. The highest BCUT2D eigenvalue weighted by Crippen LogP contribution is 2.35. The molecular weight excluding hydrogens is 250 g/mol. The van der Waals surface area contributed by atoms with Gasteiger partial charge in [-0.3, -0.25) is 0 Å². The van der Waals surface area contributed by atoms with Gasteiger partial charge < -0.3 is 10.5 Å². The minimum Gasteiger partial charge on any atom is -0.496 e. The fourth-order valence-electron chi connectivity index (χ4n) is 1.77. The van der Waals surface area contributed by atoms with E-state index in [1.54, 1.807) is 14.0 Å². The van der Waals surface area contributed by atoms with Gasteiger partial charge in [0.05, 0.1) is 23.5 Å². The number of benzene rings is 1. The highest BCUT2D eigenvalue weighted by atomic mass is 35.5. The molecule has 5 heteroatoms. The summed E-state index contributed by atoms with van der Waals surface area (Å²) in [4.78, 5) is 8.24. The van der Waals surface area contributed by atoms with Crippen molar-refractivity contribution in [2.24, 2.45) is 0 Å². The zero-order valence-electron chi connectivity index (χ0n) is 10.5. The number of nitrogens with two attached hydrogens (primary N) is 1. The van der Waals surface area contributed by atoms with Gasteiger partial charge in [-0.2, -0.15) is 0 Å². The van der Waals surface area contributed by atoms with Crippen molar-refractivity contribution in [3.63, 3.8) is 0 Å². The van der Waals surface area contributed by atoms with E-state index in [4.69, 9.17) is 22.1 Å². The van der Waals surface area contributed by atoms with Crippen molar-refractivity contribution in [3.05, 3.63) is 34.5 Å². The number of methoxy groups -OCH3 is 1. The van der Waals surface area contributed by atoms with Crippen LogP contribution in [0, 0.1) is 13.8 Å². The van der Waals surface area contributed by atoms with Crippen LogP contribution in [0.15, 0.2) is 18.2 Å². The van der Waals surface area contributed by atoms with Crippen LogP contribution in [0.4, 0.5) is 5.95 Å². The third-order valence-corrected chi connectivity index (χ3v) is 3.10. The Bertz CT molecular complexity index is 599. The number of halogens is 1. The molecule has 0 aliphatic carbocycles. The molecule has 0 unspecified atom stereocenters. The fraction of sp³-hybridized carbons (Fsp3) is 0.231. The Morgan fingerprint density at radius 3 is 2.61 bits per heavy atom. The number of anilines is 1. The van der Waals surface area contributed by atoms with E-state index in [-0.39, 0.29) is 5.95 Å². The maximum atomic E-state index is 6.24. The number of aromatic nitrogens is 2. The maximum absolute atomic E-state index is 6.24. The Labute approximate surface area is 111 Å². The first-order chi connectivity index (χ1) is 8.52. The lowest BCUT2D eigenvalue weighted by atomic mass is 10.1. The molecule has 2 N–H and O–H groups in total. The number of hydrogen-bond donors (Lipinski definition) is 1.